The number of hydrogen-bond donors (Lipinski definition) is 1. The first-order valence-corrected chi connectivity index (χ1v) is 8.41. The van der Waals surface area contributed by atoms with E-state index in [2.05, 4.69) is 54.5 Å². The third-order valence-corrected chi connectivity index (χ3v) is 6.00. The van der Waals surface area contributed by atoms with Crippen LogP contribution >= 0.6 is 0 Å². The molecule has 0 spiro atoms. The molecule has 2 aliphatic carbocycles. The lowest BCUT2D eigenvalue weighted by molar-refractivity contribution is -0.0309. The Bertz CT molecular complexity index is 393. The lowest BCUT2D eigenvalue weighted by Gasteiger charge is -2.58. The summed E-state index contributed by atoms with van der Waals surface area (Å²) in [5.41, 5.74) is 9.00. The molecule has 0 aromatic carbocycles. The van der Waals surface area contributed by atoms with Crippen LogP contribution in [0, 0.1) is 28.1 Å². The monoisotopic (exact) mass is 277 g/mol. The number of hydrogen-bond acceptors (Lipinski definition) is 1. The third kappa shape index (κ3) is 2.71. The van der Waals surface area contributed by atoms with Gasteiger partial charge in [0, 0.05) is 6.04 Å². The Labute approximate surface area is 126 Å². The van der Waals surface area contributed by atoms with Crippen molar-refractivity contribution in [2.24, 2.45) is 33.8 Å². The van der Waals surface area contributed by atoms with Gasteiger partial charge in [-0.15, -0.1) is 0 Å². The van der Waals surface area contributed by atoms with Crippen LogP contribution in [0.2, 0.25) is 0 Å². The quantitative estimate of drug-likeness (QED) is 0.608. The van der Waals surface area contributed by atoms with Gasteiger partial charge >= 0.3 is 0 Å². The second-order valence-corrected chi connectivity index (χ2v) is 9.70. The fourth-order valence-corrected chi connectivity index (χ4v) is 5.20. The van der Waals surface area contributed by atoms with Crippen LogP contribution < -0.4 is 5.73 Å². The molecule has 0 bridgehead atoms. The summed E-state index contributed by atoms with van der Waals surface area (Å²) in [6, 6.07) is 0.390. The van der Waals surface area contributed by atoms with Crippen molar-refractivity contribution in [2.75, 3.05) is 0 Å². The second kappa shape index (κ2) is 4.87. The maximum Gasteiger partial charge on any atom is 0.00766 e. The minimum Gasteiger partial charge on any atom is -0.327 e. The molecule has 1 heteroatoms. The van der Waals surface area contributed by atoms with Crippen molar-refractivity contribution in [1.82, 2.24) is 0 Å². The number of nitrogens with two attached hydrogens (primary N) is 1. The van der Waals surface area contributed by atoms with E-state index in [9.17, 15) is 0 Å². The van der Waals surface area contributed by atoms with E-state index in [1.54, 1.807) is 5.57 Å². The van der Waals surface area contributed by atoms with Gasteiger partial charge in [-0.1, -0.05) is 60.1 Å². The molecule has 0 saturated heterocycles. The Morgan fingerprint density at radius 1 is 1.10 bits per heavy atom. The average Bonchev–Trinajstić information content (AvgIpc) is 2.25. The van der Waals surface area contributed by atoms with Gasteiger partial charge in [-0.25, -0.2) is 0 Å². The molecule has 116 valence electrons. The van der Waals surface area contributed by atoms with Gasteiger partial charge < -0.3 is 5.73 Å². The molecule has 2 aliphatic rings. The molecule has 0 aromatic rings. The van der Waals surface area contributed by atoms with E-state index < -0.39 is 0 Å². The van der Waals surface area contributed by atoms with Crippen molar-refractivity contribution < 1.29 is 0 Å². The van der Waals surface area contributed by atoms with Gasteiger partial charge in [0.1, 0.15) is 0 Å². The van der Waals surface area contributed by atoms with Gasteiger partial charge in [0.15, 0.2) is 0 Å². The van der Waals surface area contributed by atoms with Crippen LogP contribution in [0.5, 0.6) is 0 Å². The number of allylic oxidation sites excluding steroid dienone is 1. The molecule has 0 radical (unpaired) electrons. The van der Waals surface area contributed by atoms with Crippen LogP contribution in [-0.4, -0.2) is 6.04 Å². The summed E-state index contributed by atoms with van der Waals surface area (Å²) in [6.45, 7) is 17.1. The third-order valence-electron chi connectivity index (χ3n) is 6.00. The fourth-order valence-electron chi connectivity index (χ4n) is 5.20. The van der Waals surface area contributed by atoms with Gasteiger partial charge in [-0.3, -0.25) is 0 Å². The van der Waals surface area contributed by atoms with Crippen LogP contribution in [0.4, 0.5) is 0 Å². The zero-order chi connectivity index (χ0) is 15.3. The summed E-state index contributed by atoms with van der Waals surface area (Å²) in [4.78, 5) is 0. The summed E-state index contributed by atoms with van der Waals surface area (Å²) in [6.07, 6.45) is 7.38. The minimum absolute atomic E-state index is 0.355. The first-order chi connectivity index (χ1) is 8.96. The molecule has 20 heavy (non-hydrogen) atoms. The van der Waals surface area contributed by atoms with Crippen LogP contribution in [0.1, 0.15) is 74.1 Å². The summed E-state index contributed by atoms with van der Waals surface area (Å²) in [5, 5.41) is 0. The first-order valence-electron chi connectivity index (χ1n) is 8.41. The molecule has 2 unspecified atom stereocenters. The van der Waals surface area contributed by atoms with Crippen molar-refractivity contribution in [3.8, 4) is 0 Å². The van der Waals surface area contributed by atoms with E-state index in [-0.39, 0.29) is 0 Å². The van der Waals surface area contributed by atoms with Crippen molar-refractivity contribution >= 4 is 0 Å². The Morgan fingerprint density at radius 3 is 2.20 bits per heavy atom. The van der Waals surface area contributed by atoms with Crippen molar-refractivity contribution in [2.45, 2.75) is 80.2 Å². The maximum atomic E-state index is 6.23. The number of fused-ring (bicyclic) bond motifs is 1. The van der Waals surface area contributed by atoms with Gasteiger partial charge in [0.2, 0.25) is 0 Å². The standard InChI is InChI=1S/C19H35N/c1-17(2,3)15-9-8-13-12-14(20)10-11-19(13,7)16(15)18(4,5)6/h8,14-16H,9-12,20H2,1-7H3/t14-,15?,16?,19-/m0/s1. The molecule has 0 heterocycles. The van der Waals surface area contributed by atoms with E-state index in [4.69, 9.17) is 5.73 Å². The van der Waals surface area contributed by atoms with Crippen LogP contribution in [0.15, 0.2) is 11.6 Å². The van der Waals surface area contributed by atoms with Gasteiger partial charge in [0.05, 0.1) is 0 Å². The molecule has 0 amide bonds. The topological polar surface area (TPSA) is 26.0 Å². The lowest BCUT2D eigenvalue weighted by atomic mass is 9.47. The molecular formula is C19H35N. The zero-order valence-corrected chi connectivity index (χ0v) is 14.7. The van der Waals surface area contributed by atoms with E-state index in [1.165, 1.54) is 19.3 Å². The van der Waals surface area contributed by atoms with Crippen molar-refractivity contribution in [3.63, 3.8) is 0 Å². The van der Waals surface area contributed by atoms with Crippen LogP contribution in [-0.2, 0) is 0 Å². The summed E-state index contributed by atoms with van der Waals surface area (Å²) in [7, 11) is 0. The fraction of sp³-hybridized carbons (Fsp3) is 0.895. The Hall–Kier alpha value is -0.300. The maximum absolute atomic E-state index is 6.23. The van der Waals surface area contributed by atoms with Crippen molar-refractivity contribution in [1.29, 1.82) is 0 Å². The Kier molecular flexibility index (Phi) is 3.91. The molecule has 2 rings (SSSR count). The normalized spacial score (nSPS) is 39.2. The van der Waals surface area contributed by atoms with E-state index in [0.29, 0.717) is 22.3 Å². The molecule has 1 fully saturated rings. The molecule has 0 aliphatic heterocycles. The summed E-state index contributed by atoms with van der Waals surface area (Å²) in [5.74, 6) is 1.52. The van der Waals surface area contributed by atoms with Crippen molar-refractivity contribution in [3.05, 3.63) is 11.6 Å². The SMILES string of the molecule is CC(C)(C)C1CC=C2C[C@@H](N)CC[C@]2(C)C1C(C)(C)C. The highest BCUT2D eigenvalue weighted by Crippen LogP contribution is 2.61. The molecule has 4 atom stereocenters. The Morgan fingerprint density at radius 2 is 1.70 bits per heavy atom. The largest absolute Gasteiger partial charge is 0.327 e. The average molecular weight is 277 g/mol. The van der Waals surface area contributed by atoms with Gasteiger partial charge in [-0.05, 0) is 53.8 Å². The van der Waals surface area contributed by atoms with Gasteiger partial charge in [0.25, 0.3) is 0 Å². The summed E-state index contributed by atoms with van der Waals surface area (Å²) < 4.78 is 0. The molecule has 2 N–H and O–H groups in total. The molecule has 0 aromatic heterocycles. The number of rotatable bonds is 0. The highest BCUT2D eigenvalue weighted by atomic mass is 14.7. The zero-order valence-electron chi connectivity index (χ0n) is 14.7. The van der Waals surface area contributed by atoms with Crippen LogP contribution in [0.25, 0.3) is 0 Å². The Balaban J connectivity index is 2.47. The highest BCUT2D eigenvalue weighted by Gasteiger charge is 2.53. The predicted octanol–water partition coefficient (Wildman–Crippen LogP) is 5.16. The van der Waals surface area contributed by atoms with E-state index >= 15 is 0 Å². The molecule has 1 nitrogen and oxygen atoms in total. The minimum atomic E-state index is 0.355. The van der Waals surface area contributed by atoms with E-state index in [1.807, 2.05) is 0 Å². The van der Waals surface area contributed by atoms with Crippen LogP contribution in [0.3, 0.4) is 0 Å². The highest BCUT2D eigenvalue weighted by molar-refractivity contribution is 5.25. The molecular weight excluding hydrogens is 242 g/mol. The molecule has 1 saturated carbocycles. The predicted molar refractivity (Wildman–Crippen MR) is 88.5 cm³/mol. The van der Waals surface area contributed by atoms with E-state index in [0.717, 1.165) is 18.3 Å². The van der Waals surface area contributed by atoms with Gasteiger partial charge in [-0.2, -0.15) is 0 Å². The smallest absolute Gasteiger partial charge is 0.00766 e. The lowest BCUT2D eigenvalue weighted by Crippen LogP contribution is -2.51. The first kappa shape index (κ1) is 16.1. The second-order valence-electron chi connectivity index (χ2n) is 9.70. The summed E-state index contributed by atoms with van der Waals surface area (Å²) >= 11 is 0.